The molecular weight excluding hydrogens is 136 g/mol. The summed E-state index contributed by atoms with van der Waals surface area (Å²) >= 11 is 1.30. The average Bonchev–Trinajstić information content (AvgIpc) is 2.12. The smallest absolute Gasteiger partial charge is 0.238 e. The molecule has 1 amide bonds. The molecule has 0 bridgehead atoms. The Morgan fingerprint density at radius 2 is 2.56 bits per heavy atom. The molecule has 0 radical (unpaired) electrons. The highest BCUT2D eigenvalue weighted by Crippen LogP contribution is 2.16. The van der Waals surface area contributed by atoms with Gasteiger partial charge in [0.15, 0.2) is 5.17 Å². The van der Waals surface area contributed by atoms with Crippen molar-refractivity contribution in [2.75, 3.05) is 12.3 Å². The van der Waals surface area contributed by atoms with E-state index in [4.69, 9.17) is 5.41 Å². The maximum absolute atomic E-state index is 10.8. The van der Waals surface area contributed by atoms with Crippen molar-refractivity contribution in [1.29, 1.82) is 5.41 Å². The lowest BCUT2D eigenvalue weighted by atomic mass is 10.5. The highest BCUT2D eigenvalue weighted by Gasteiger charge is 2.24. The Hall–Kier alpha value is -0.510. The number of amidine groups is 1. The molecule has 3 nitrogen and oxygen atoms in total. The Morgan fingerprint density at radius 1 is 1.89 bits per heavy atom. The van der Waals surface area contributed by atoms with E-state index in [2.05, 4.69) is 0 Å². The zero-order valence-corrected chi connectivity index (χ0v) is 5.99. The third-order valence-corrected chi connectivity index (χ3v) is 2.08. The maximum Gasteiger partial charge on any atom is 0.238 e. The summed E-state index contributed by atoms with van der Waals surface area (Å²) in [5.41, 5.74) is 0. The molecule has 9 heavy (non-hydrogen) atoms. The second kappa shape index (κ2) is 2.39. The van der Waals surface area contributed by atoms with Crippen LogP contribution >= 0.6 is 11.8 Å². The van der Waals surface area contributed by atoms with Crippen LogP contribution < -0.4 is 0 Å². The van der Waals surface area contributed by atoms with Gasteiger partial charge < -0.3 is 0 Å². The zero-order chi connectivity index (χ0) is 6.85. The van der Waals surface area contributed by atoms with Crippen LogP contribution in [0.5, 0.6) is 0 Å². The van der Waals surface area contributed by atoms with Crippen LogP contribution in [0.4, 0.5) is 0 Å². The molecule has 1 aliphatic heterocycles. The molecule has 1 rings (SSSR count). The van der Waals surface area contributed by atoms with E-state index in [1.165, 1.54) is 16.7 Å². The molecule has 1 fully saturated rings. The van der Waals surface area contributed by atoms with Gasteiger partial charge in [0, 0.05) is 6.54 Å². The molecule has 1 N–H and O–H groups in total. The van der Waals surface area contributed by atoms with Gasteiger partial charge in [-0.25, -0.2) is 0 Å². The molecule has 0 saturated carbocycles. The Labute approximate surface area is 57.9 Å². The van der Waals surface area contributed by atoms with Gasteiger partial charge in [0.25, 0.3) is 0 Å². The van der Waals surface area contributed by atoms with Crippen LogP contribution in [-0.4, -0.2) is 28.3 Å². The van der Waals surface area contributed by atoms with Crippen LogP contribution in [0.15, 0.2) is 0 Å². The van der Waals surface area contributed by atoms with Gasteiger partial charge in [0.2, 0.25) is 5.91 Å². The van der Waals surface area contributed by atoms with Crippen LogP contribution in [0, 0.1) is 5.41 Å². The first kappa shape index (κ1) is 6.61. The molecule has 0 unspecified atom stereocenters. The Bertz CT molecular complexity index is 141. The predicted molar refractivity (Wildman–Crippen MR) is 37.6 cm³/mol. The fraction of sp³-hybridized carbons (Fsp3) is 0.600. The van der Waals surface area contributed by atoms with E-state index in [-0.39, 0.29) is 5.91 Å². The van der Waals surface area contributed by atoms with E-state index in [0.29, 0.717) is 17.5 Å². The molecular formula is C5H8N2OS. The summed E-state index contributed by atoms with van der Waals surface area (Å²) < 4.78 is 0. The Kier molecular flexibility index (Phi) is 1.75. The highest BCUT2D eigenvalue weighted by atomic mass is 32.2. The summed E-state index contributed by atoms with van der Waals surface area (Å²) in [5.74, 6) is 0.514. The molecule has 50 valence electrons. The first-order valence-corrected chi connectivity index (χ1v) is 3.76. The lowest BCUT2D eigenvalue weighted by Gasteiger charge is -2.09. The van der Waals surface area contributed by atoms with Crippen molar-refractivity contribution in [3.63, 3.8) is 0 Å². The van der Waals surface area contributed by atoms with Crippen molar-refractivity contribution in [3.05, 3.63) is 0 Å². The molecule has 1 saturated heterocycles. The third kappa shape index (κ3) is 1.08. The van der Waals surface area contributed by atoms with E-state index in [1.807, 2.05) is 6.92 Å². The first-order valence-electron chi connectivity index (χ1n) is 2.77. The van der Waals surface area contributed by atoms with Gasteiger partial charge in [-0.15, -0.1) is 0 Å². The fourth-order valence-corrected chi connectivity index (χ4v) is 1.52. The van der Waals surface area contributed by atoms with Crippen molar-refractivity contribution in [1.82, 2.24) is 4.90 Å². The van der Waals surface area contributed by atoms with Gasteiger partial charge in [0.1, 0.15) is 0 Å². The molecule has 1 aliphatic rings. The minimum absolute atomic E-state index is 0.0625. The SMILES string of the molecule is CCN1C(=N)SCC1=O. The van der Waals surface area contributed by atoms with Crippen molar-refractivity contribution < 1.29 is 4.79 Å². The lowest BCUT2D eigenvalue weighted by molar-refractivity contribution is -0.123. The van der Waals surface area contributed by atoms with Crippen LogP contribution in [0.3, 0.4) is 0 Å². The second-order valence-electron chi connectivity index (χ2n) is 1.73. The number of thioether (sulfide) groups is 1. The number of hydrogen-bond donors (Lipinski definition) is 1. The largest absolute Gasteiger partial charge is 0.291 e. The van der Waals surface area contributed by atoms with Gasteiger partial charge >= 0.3 is 0 Å². The first-order chi connectivity index (χ1) is 4.25. The summed E-state index contributed by atoms with van der Waals surface area (Å²) in [5, 5.41) is 7.60. The summed E-state index contributed by atoms with van der Waals surface area (Å²) in [6.45, 7) is 2.50. The zero-order valence-electron chi connectivity index (χ0n) is 5.18. The molecule has 0 aromatic rings. The maximum atomic E-state index is 10.8. The van der Waals surface area contributed by atoms with Gasteiger partial charge in [0.05, 0.1) is 5.75 Å². The van der Waals surface area contributed by atoms with Gasteiger partial charge in [-0.1, -0.05) is 11.8 Å². The monoisotopic (exact) mass is 144 g/mol. The van der Waals surface area contributed by atoms with Gasteiger partial charge in [-0.05, 0) is 6.92 Å². The van der Waals surface area contributed by atoms with Crippen molar-refractivity contribution in [2.24, 2.45) is 0 Å². The lowest BCUT2D eigenvalue weighted by Crippen LogP contribution is -2.28. The number of carbonyl (C=O) groups excluding carboxylic acids is 1. The molecule has 4 heteroatoms. The van der Waals surface area contributed by atoms with Gasteiger partial charge in [-0.3, -0.25) is 15.1 Å². The molecule has 0 aromatic heterocycles. The van der Waals surface area contributed by atoms with E-state index < -0.39 is 0 Å². The quantitative estimate of drug-likeness (QED) is 0.583. The summed E-state index contributed by atoms with van der Waals surface area (Å²) in [4.78, 5) is 12.3. The number of carbonyl (C=O) groups is 1. The highest BCUT2D eigenvalue weighted by molar-refractivity contribution is 8.14. The van der Waals surface area contributed by atoms with E-state index in [0.717, 1.165) is 0 Å². The number of rotatable bonds is 1. The Balaban J connectivity index is 2.66. The number of hydrogen-bond acceptors (Lipinski definition) is 3. The summed E-state index contributed by atoms with van der Waals surface area (Å²) in [6, 6.07) is 0. The van der Waals surface area contributed by atoms with Crippen LogP contribution in [0.1, 0.15) is 6.92 Å². The number of nitrogens with one attached hydrogen (secondary N) is 1. The molecule has 0 aromatic carbocycles. The second-order valence-corrected chi connectivity index (χ2v) is 2.70. The number of amides is 1. The third-order valence-electron chi connectivity index (χ3n) is 1.19. The fourth-order valence-electron chi connectivity index (χ4n) is 0.719. The van der Waals surface area contributed by atoms with Crippen molar-refractivity contribution in [2.45, 2.75) is 6.92 Å². The minimum Gasteiger partial charge on any atom is -0.291 e. The molecule has 0 spiro atoms. The molecule has 0 atom stereocenters. The average molecular weight is 144 g/mol. The molecule has 0 aliphatic carbocycles. The summed E-state index contributed by atoms with van der Waals surface area (Å²) in [7, 11) is 0. The van der Waals surface area contributed by atoms with Gasteiger partial charge in [-0.2, -0.15) is 0 Å². The van der Waals surface area contributed by atoms with E-state index in [1.54, 1.807) is 0 Å². The van der Waals surface area contributed by atoms with Crippen LogP contribution in [-0.2, 0) is 4.79 Å². The normalized spacial score (nSPS) is 19.4. The van der Waals surface area contributed by atoms with E-state index in [9.17, 15) is 4.79 Å². The topological polar surface area (TPSA) is 44.2 Å². The summed E-state index contributed by atoms with van der Waals surface area (Å²) in [6.07, 6.45) is 0. The predicted octanol–water partition coefficient (Wildman–Crippen LogP) is 0.516. The standard InChI is InChI=1S/C5H8N2OS/c1-2-7-4(8)3-9-5(7)6/h6H,2-3H2,1H3. The number of nitrogens with zero attached hydrogens (tertiary/aromatic N) is 1. The van der Waals surface area contributed by atoms with E-state index >= 15 is 0 Å². The van der Waals surface area contributed by atoms with Crippen molar-refractivity contribution >= 4 is 22.8 Å². The Morgan fingerprint density at radius 3 is 2.78 bits per heavy atom. The van der Waals surface area contributed by atoms with Crippen molar-refractivity contribution in [3.8, 4) is 0 Å². The molecule has 1 heterocycles. The minimum atomic E-state index is 0.0625. The van der Waals surface area contributed by atoms with Crippen LogP contribution in [0.2, 0.25) is 0 Å². The van der Waals surface area contributed by atoms with Crippen LogP contribution in [0.25, 0.3) is 0 Å².